The number of aromatic nitrogens is 2. The minimum absolute atomic E-state index is 0.175. The molecule has 0 saturated heterocycles. The summed E-state index contributed by atoms with van der Waals surface area (Å²) in [6.45, 7) is 1.84. The number of carbonyl (C=O) groups excluding carboxylic acids is 1. The van der Waals surface area contributed by atoms with Gasteiger partial charge in [0.05, 0.1) is 5.69 Å². The molecule has 0 spiro atoms. The maximum Gasteiger partial charge on any atom is 0.330 e. The average Bonchev–Trinajstić information content (AvgIpc) is 2.59. The highest BCUT2D eigenvalue weighted by Crippen LogP contribution is 2.08. The molecule has 15 heavy (non-hydrogen) atoms. The van der Waals surface area contributed by atoms with Gasteiger partial charge in [-0.05, 0) is 31.2 Å². The minimum Gasteiger partial charge on any atom is -0.312 e. The molecule has 2 aromatic rings. The van der Waals surface area contributed by atoms with Gasteiger partial charge in [0.2, 0.25) is 0 Å². The fourth-order valence-electron chi connectivity index (χ4n) is 1.48. The minimum atomic E-state index is -0.175. The second kappa shape index (κ2) is 3.57. The summed E-state index contributed by atoms with van der Waals surface area (Å²) in [6, 6.07) is 6.85. The van der Waals surface area contributed by atoms with Crippen LogP contribution in [0.25, 0.3) is 5.69 Å². The van der Waals surface area contributed by atoms with E-state index < -0.39 is 0 Å². The van der Waals surface area contributed by atoms with Gasteiger partial charge in [-0.15, -0.1) is 0 Å². The summed E-state index contributed by atoms with van der Waals surface area (Å²) in [4.78, 5) is 24.5. The molecule has 0 fully saturated rings. The third kappa shape index (κ3) is 1.61. The van der Waals surface area contributed by atoms with Crippen LogP contribution in [0.5, 0.6) is 0 Å². The Hall–Kier alpha value is -2.10. The molecule has 4 heteroatoms. The summed E-state index contributed by atoms with van der Waals surface area (Å²) in [6.07, 6.45) is 2.42. The van der Waals surface area contributed by atoms with E-state index in [1.54, 1.807) is 35.0 Å². The van der Waals surface area contributed by atoms with E-state index in [0.29, 0.717) is 5.56 Å². The number of imidazole rings is 1. The third-order valence-corrected chi connectivity index (χ3v) is 2.25. The van der Waals surface area contributed by atoms with E-state index in [-0.39, 0.29) is 5.69 Å². The van der Waals surface area contributed by atoms with Crippen molar-refractivity contribution in [2.45, 2.75) is 6.92 Å². The molecule has 4 nitrogen and oxygen atoms in total. The first-order valence-corrected chi connectivity index (χ1v) is 4.55. The van der Waals surface area contributed by atoms with Crippen LogP contribution < -0.4 is 5.69 Å². The molecular weight excluding hydrogens is 192 g/mol. The molecule has 0 radical (unpaired) electrons. The normalized spacial score (nSPS) is 10.2. The highest BCUT2D eigenvalue weighted by Gasteiger charge is 2.03. The summed E-state index contributed by atoms with van der Waals surface area (Å²) in [5.74, 6) is 0. The lowest BCUT2D eigenvalue weighted by Crippen LogP contribution is -2.15. The first-order valence-electron chi connectivity index (χ1n) is 4.55. The first kappa shape index (κ1) is 9.45. The number of aromatic amines is 1. The molecule has 0 bridgehead atoms. The Morgan fingerprint density at radius 2 is 1.93 bits per heavy atom. The number of aryl methyl sites for hydroxylation is 1. The van der Waals surface area contributed by atoms with Crippen LogP contribution in [0.1, 0.15) is 16.1 Å². The van der Waals surface area contributed by atoms with Gasteiger partial charge in [-0.25, -0.2) is 4.79 Å². The van der Waals surface area contributed by atoms with Crippen LogP contribution in [-0.4, -0.2) is 15.8 Å². The van der Waals surface area contributed by atoms with Crippen molar-refractivity contribution in [2.24, 2.45) is 0 Å². The number of carbonyl (C=O) groups is 1. The summed E-state index contributed by atoms with van der Waals surface area (Å²) in [7, 11) is 0. The Bertz CT molecular complexity index is 534. The summed E-state index contributed by atoms with van der Waals surface area (Å²) >= 11 is 0. The van der Waals surface area contributed by atoms with Crippen LogP contribution >= 0.6 is 0 Å². The smallest absolute Gasteiger partial charge is 0.312 e. The van der Waals surface area contributed by atoms with Crippen LogP contribution in [0.3, 0.4) is 0 Å². The molecule has 76 valence electrons. The highest BCUT2D eigenvalue weighted by molar-refractivity contribution is 5.75. The van der Waals surface area contributed by atoms with Crippen molar-refractivity contribution >= 4 is 6.29 Å². The predicted octanol–water partition coefficient (Wildman–Crippen LogP) is 1.29. The molecule has 0 aliphatic carbocycles. The number of rotatable bonds is 2. The van der Waals surface area contributed by atoms with E-state index in [0.717, 1.165) is 17.7 Å². The number of hydrogen-bond acceptors (Lipinski definition) is 2. The van der Waals surface area contributed by atoms with Gasteiger partial charge in [0.1, 0.15) is 6.29 Å². The lowest BCUT2D eigenvalue weighted by molar-refractivity contribution is 0.112. The second-order valence-electron chi connectivity index (χ2n) is 3.28. The SMILES string of the molecule is Cc1c[nH]c(=O)n1-c1ccc(C=O)cc1. The van der Waals surface area contributed by atoms with Gasteiger partial charge in [-0.2, -0.15) is 0 Å². The predicted molar refractivity (Wildman–Crippen MR) is 56.5 cm³/mol. The largest absolute Gasteiger partial charge is 0.330 e. The maximum atomic E-state index is 11.4. The standard InChI is InChI=1S/C11H10N2O2/c1-8-6-12-11(15)13(8)10-4-2-9(7-14)3-5-10/h2-7H,1H3,(H,12,15). The molecule has 0 aliphatic heterocycles. The lowest BCUT2D eigenvalue weighted by Gasteiger charge is -2.03. The van der Waals surface area contributed by atoms with Crippen molar-refractivity contribution < 1.29 is 4.79 Å². The lowest BCUT2D eigenvalue weighted by atomic mass is 10.2. The monoisotopic (exact) mass is 202 g/mol. The van der Waals surface area contributed by atoms with E-state index in [1.165, 1.54) is 0 Å². The molecule has 0 aliphatic rings. The quantitative estimate of drug-likeness (QED) is 0.746. The van der Waals surface area contributed by atoms with Crippen molar-refractivity contribution in [3.05, 3.63) is 52.2 Å². The van der Waals surface area contributed by atoms with Gasteiger partial charge in [0.15, 0.2) is 0 Å². The van der Waals surface area contributed by atoms with Crippen LogP contribution in [0.15, 0.2) is 35.3 Å². The fourth-order valence-corrected chi connectivity index (χ4v) is 1.48. The van der Waals surface area contributed by atoms with Crippen molar-refractivity contribution in [2.75, 3.05) is 0 Å². The van der Waals surface area contributed by atoms with Crippen LogP contribution in [0.4, 0.5) is 0 Å². The van der Waals surface area contributed by atoms with Gasteiger partial charge in [-0.3, -0.25) is 9.36 Å². The van der Waals surface area contributed by atoms with Crippen molar-refractivity contribution in [1.82, 2.24) is 9.55 Å². The zero-order valence-corrected chi connectivity index (χ0v) is 8.23. The molecule has 0 unspecified atom stereocenters. The molecule has 1 heterocycles. The Morgan fingerprint density at radius 3 is 2.40 bits per heavy atom. The second-order valence-corrected chi connectivity index (χ2v) is 3.28. The van der Waals surface area contributed by atoms with Crippen LogP contribution in [0.2, 0.25) is 0 Å². The zero-order valence-electron chi connectivity index (χ0n) is 8.23. The molecule has 1 aromatic carbocycles. The molecule has 0 saturated carbocycles. The molecule has 1 aromatic heterocycles. The number of benzene rings is 1. The van der Waals surface area contributed by atoms with Gasteiger partial charge in [0, 0.05) is 17.5 Å². The number of H-pyrrole nitrogens is 1. The van der Waals surface area contributed by atoms with Crippen LogP contribution in [-0.2, 0) is 0 Å². The van der Waals surface area contributed by atoms with E-state index >= 15 is 0 Å². The third-order valence-electron chi connectivity index (χ3n) is 2.25. The molecule has 0 atom stereocenters. The average molecular weight is 202 g/mol. The first-order chi connectivity index (χ1) is 7.22. The molecule has 2 rings (SSSR count). The van der Waals surface area contributed by atoms with Crippen molar-refractivity contribution in [1.29, 1.82) is 0 Å². The maximum absolute atomic E-state index is 11.4. The number of nitrogens with zero attached hydrogens (tertiary/aromatic N) is 1. The zero-order chi connectivity index (χ0) is 10.8. The van der Waals surface area contributed by atoms with Gasteiger partial charge < -0.3 is 4.98 Å². The summed E-state index contributed by atoms with van der Waals surface area (Å²) in [5, 5.41) is 0. The van der Waals surface area contributed by atoms with Gasteiger partial charge >= 0.3 is 5.69 Å². The van der Waals surface area contributed by atoms with E-state index in [1.807, 2.05) is 6.92 Å². The van der Waals surface area contributed by atoms with E-state index in [4.69, 9.17) is 0 Å². The van der Waals surface area contributed by atoms with Crippen LogP contribution in [0, 0.1) is 6.92 Å². The van der Waals surface area contributed by atoms with Crippen molar-refractivity contribution in [3.63, 3.8) is 0 Å². The molecule has 1 N–H and O–H groups in total. The Balaban J connectivity index is 2.55. The molecular formula is C11H10N2O2. The summed E-state index contributed by atoms with van der Waals surface area (Å²) < 4.78 is 1.55. The Labute approximate surface area is 86.2 Å². The number of aldehydes is 1. The van der Waals surface area contributed by atoms with E-state index in [9.17, 15) is 9.59 Å². The fraction of sp³-hybridized carbons (Fsp3) is 0.0909. The Morgan fingerprint density at radius 1 is 1.27 bits per heavy atom. The Kier molecular flexibility index (Phi) is 2.25. The van der Waals surface area contributed by atoms with Crippen molar-refractivity contribution in [3.8, 4) is 5.69 Å². The summed E-state index contributed by atoms with van der Waals surface area (Å²) in [5.41, 5.74) is 2.01. The van der Waals surface area contributed by atoms with Gasteiger partial charge in [-0.1, -0.05) is 0 Å². The van der Waals surface area contributed by atoms with Gasteiger partial charge in [0.25, 0.3) is 0 Å². The topological polar surface area (TPSA) is 54.9 Å². The number of nitrogens with one attached hydrogen (secondary N) is 1. The number of hydrogen-bond donors (Lipinski definition) is 1. The van der Waals surface area contributed by atoms with E-state index in [2.05, 4.69) is 4.98 Å². The molecule has 0 amide bonds. The highest BCUT2D eigenvalue weighted by atomic mass is 16.1.